The SMILES string of the molecule is O=C(Nc1ccc(Nc2ccccc2)nn1)c1ccc(Cl)c(Cl)c1. The normalized spacial score (nSPS) is 10.2. The standard InChI is InChI=1S/C17H12Cl2N4O/c18-13-7-6-11(10-14(13)19)17(24)21-16-9-8-15(22-23-16)20-12-4-2-1-3-5-12/h1-10H,(H,20,22)(H,21,23,24). The Labute approximate surface area is 148 Å². The molecule has 0 bridgehead atoms. The fourth-order valence-electron chi connectivity index (χ4n) is 1.96. The zero-order valence-corrected chi connectivity index (χ0v) is 13.8. The van der Waals surface area contributed by atoms with E-state index in [9.17, 15) is 4.79 Å². The number of halogens is 2. The van der Waals surface area contributed by atoms with Crippen molar-refractivity contribution >= 4 is 46.4 Å². The number of hydrogen-bond donors (Lipinski definition) is 2. The lowest BCUT2D eigenvalue weighted by atomic mass is 10.2. The van der Waals surface area contributed by atoms with Crippen molar-refractivity contribution in [3.05, 3.63) is 76.3 Å². The summed E-state index contributed by atoms with van der Waals surface area (Å²) in [6.07, 6.45) is 0. The quantitative estimate of drug-likeness (QED) is 0.704. The number of nitrogens with zero attached hydrogens (tertiary/aromatic N) is 2. The third-order valence-corrected chi connectivity index (χ3v) is 3.87. The van der Waals surface area contributed by atoms with E-state index < -0.39 is 0 Å². The Balaban J connectivity index is 1.67. The smallest absolute Gasteiger partial charge is 0.256 e. The molecular formula is C17H12Cl2N4O. The summed E-state index contributed by atoms with van der Waals surface area (Å²) in [6, 6.07) is 17.6. The Morgan fingerprint density at radius 3 is 2.21 bits per heavy atom. The van der Waals surface area contributed by atoms with Gasteiger partial charge >= 0.3 is 0 Å². The molecule has 3 rings (SSSR count). The van der Waals surface area contributed by atoms with Crippen LogP contribution in [0.4, 0.5) is 17.3 Å². The monoisotopic (exact) mass is 358 g/mol. The molecule has 0 saturated heterocycles. The molecule has 1 amide bonds. The van der Waals surface area contributed by atoms with Gasteiger partial charge in [0.05, 0.1) is 10.0 Å². The van der Waals surface area contributed by atoms with Gasteiger partial charge in [-0.3, -0.25) is 4.79 Å². The number of rotatable bonds is 4. The number of benzene rings is 2. The maximum Gasteiger partial charge on any atom is 0.256 e. The lowest BCUT2D eigenvalue weighted by Crippen LogP contribution is -2.13. The summed E-state index contributed by atoms with van der Waals surface area (Å²) in [7, 11) is 0. The average molecular weight is 359 g/mol. The first-order chi connectivity index (χ1) is 11.6. The highest BCUT2D eigenvalue weighted by molar-refractivity contribution is 6.42. The molecule has 1 aromatic heterocycles. The van der Waals surface area contributed by atoms with E-state index in [1.165, 1.54) is 6.07 Å². The number of nitrogens with one attached hydrogen (secondary N) is 2. The second-order valence-corrected chi connectivity index (χ2v) is 5.69. The summed E-state index contributed by atoms with van der Waals surface area (Å²) in [5.74, 6) is 0.574. The molecule has 3 aromatic rings. The number of para-hydroxylation sites is 1. The first-order valence-corrected chi connectivity index (χ1v) is 7.79. The molecule has 0 fully saturated rings. The molecule has 0 aliphatic rings. The van der Waals surface area contributed by atoms with Crippen molar-refractivity contribution in [2.24, 2.45) is 0 Å². The van der Waals surface area contributed by atoms with Crippen LogP contribution in [-0.2, 0) is 0 Å². The summed E-state index contributed by atoms with van der Waals surface area (Å²) >= 11 is 11.7. The van der Waals surface area contributed by atoms with Crippen molar-refractivity contribution in [1.82, 2.24) is 10.2 Å². The highest BCUT2D eigenvalue weighted by atomic mass is 35.5. The largest absolute Gasteiger partial charge is 0.339 e. The third kappa shape index (κ3) is 4.01. The van der Waals surface area contributed by atoms with Crippen LogP contribution in [0.3, 0.4) is 0 Å². The lowest BCUT2D eigenvalue weighted by molar-refractivity contribution is 0.102. The van der Waals surface area contributed by atoms with Gasteiger partial charge in [-0.25, -0.2) is 0 Å². The van der Waals surface area contributed by atoms with Crippen molar-refractivity contribution in [2.45, 2.75) is 0 Å². The molecule has 0 aliphatic carbocycles. The summed E-state index contributed by atoms with van der Waals surface area (Å²) in [6.45, 7) is 0. The van der Waals surface area contributed by atoms with E-state index in [4.69, 9.17) is 23.2 Å². The van der Waals surface area contributed by atoms with Gasteiger partial charge in [-0.1, -0.05) is 41.4 Å². The molecule has 0 aliphatic heterocycles. The van der Waals surface area contributed by atoms with E-state index in [2.05, 4.69) is 20.8 Å². The van der Waals surface area contributed by atoms with Crippen LogP contribution in [0, 0.1) is 0 Å². The maximum absolute atomic E-state index is 12.2. The first kappa shape index (κ1) is 16.2. The number of amides is 1. The average Bonchev–Trinajstić information content (AvgIpc) is 2.60. The molecule has 0 atom stereocenters. The van der Waals surface area contributed by atoms with Gasteiger partial charge in [0.2, 0.25) is 0 Å². The minimum atomic E-state index is -0.341. The first-order valence-electron chi connectivity index (χ1n) is 7.04. The zero-order valence-electron chi connectivity index (χ0n) is 12.3. The highest BCUT2D eigenvalue weighted by Crippen LogP contribution is 2.23. The Morgan fingerprint density at radius 1 is 0.833 bits per heavy atom. The Bertz CT molecular complexity index is 854. The van der Waals surface area contributed by atoms with E-state index in [0.29, 0.717) is 27.2 Å². The zero-order chi connectivity index (χ0) is 16.9. The van der Waals surface area contributed by atoms with Crippen molar-refractivity contribution in [1.29, 1.82) is 0 Å². The molecule has 0 unspecified atom stereocenters. The van der Waals surface area contributed by atoms with E-state index >= 15 is 0 Å². The van der Waals surface area contributed by atoms with Gasteiger partial charge in [0, 0.05) is 11.3 Å². The number of carbonyl (C=O) groups is 1. The third-order valence-electron chi connectivity index (χ3n) is 3.13. The van der Waals surface area contributed by atoms with Gasteiger partial charge in [-0.2, -0.15) is 0 Å². The van der Waals surface area contributed by atoms with Gasteiger partial charge < -0.3 is 10.6 Å². The summed E-state index contributed by atoms with van der Waals surface area (Å²) in [5.41, 5.74) is 1.29. The predicted molar refractivity (Wildman–Crippen MR) is 96.2 cm³/mol. The molecule has 1 heterocycles. The van der Waals surface area contributed by atoms with Gasteiger partial charge in [-0.05, 0) is 42.5 Å². The molecule has 0 radical (unpaired) electrons. The van der Waals surface area contributed by atoms with Crippen LogP contribution >= 0.6 is 23.2 Å². The molecule has 0 saturated carbocycles. The Kier molecular flexibility index (Phi) is 4.93. The molecule has 2 aromatic carbocycles. The maximum atomic E-state index is 12.2. The Morgan fingerprint density at radius 2 is 1.54 bits per heavy atom. The molecule has 120 valence electrons. The number of hydrogen-bond acceptors (Lipinski definition) is 4. The summed E-state index contributed by atoms with van der Waals surface area (Å²) < 4.78 is 0. The molecule has 7 heteroatoms. The van der Waals surface area contributed by atoms with Crippen LogP contribution in [0.25, 0.3) is 0 Å². The van der Waals surface area contributed by atoms with Gasteiger partial charge in [-0.15, -0.1) is 10.2 Å². The number of aromatic nitrogens is 2. The van der Waals surface area contributed by atoms with Crippen molar-refractivity contribution in [3.8, 4) is 0 Å². The van der Waals surface area contributed by atoms with Crippen LogP contribution in [0.5, 0.6) is 0 Å². The molecule has 24 heavy (non-hydrogen) atoms. The van der Waals surface area contributed by atoms with E-state index in [1.807, 2.05) is 30.3 Å². The van der Waals surface area contributed by atoms with Crippen LogP contribution < -0.4 is 10.6 Å². The van der Waals surface area contributed by atoms with E-state index in [-0.39, 0.29) is 5.91 Å². The molecular weight excluding hydrogens is 347 g/mol. The fraction of sp³-hybridized carbons (Fsp3) is 0. The van der Waals surface area contributed by atoms with Gasteiger partial charge in [0.1, 0.15) is 0 Å². The minimum absolute atomic E-state index is 0.317. The topological polar surface area (TPSA) is 66.9 Å². The summed E-state index contributed by atoms with van der Waals surface area (Å²) in [4.78, 5) is 12.2. The van der Waals surface area contributed by atoms with Crippen LogP contribution in [0.2, 0.25) is 10.0 Å². The van der Waals surface area contributed by atoms with E-state index in [1.54, 1.807) is 24.3 Å². The van der Waals surface area contributed by atoms with Crippen molar-refractivity contribution in [2.75, 3.05) is 10.6 Å². The molecule has 0 spiro atoms. The van der Waals surface area contributed by atoms with Gasteiger partial charge in [0.25, 0.3) is 5.91 Å². The number of carbonyl (C=O) groups excluding carboxylic acids is 1. The van der Waals surface area contributed by atoms with Gasteiger partial charge in [0.15, 0.2) is 11.6 Å². The fourth-order valence-corrected chi connectivity index (χ4v) is 2.26. The molecule has 5 nitrogen and oxygen atoms in total. The predicted octanol–water partition coefficient (Wildman–Crippen LogP) is 4.78. The summed E-state index contributed by atoms with van der Waals surface area (Å²) in [5, 5.41) is 14.5. The number of anilines is 3. The second kappa shape index (κ2) is 7.29. The van der Waals surface area contributed by atoms with Crippen LogP contribution in [0.1, 0.15) is 10.4 Å². The van der Waals surface area contributed by atoms with Crippen molar-refractivity contribution in [3.63, 3.8) is 0 Å². The highest BCUT2D eigenvalue weighted by Gasteiger charge is 2.09. The molecule has 2 N–H and O–H groups in total. The Hall–Kier alpha value is -2.63. The lowest BCUT2D eigenvalue weighted by Gasteiger charge is -2.07. The van der Waals surface area contributed by atoms with E-state index in [0.717, 1.165) is 5.69 Å². The van der Waals surface area contributed by atoms with Crippen molar-refractivity contribution < 1.29 is 4.79 Å². The second-order valence-electron chi connectivity index (χ2n) is 4.88. The van der Waals surface area contributed by atoms with Crippen LogP contribution in [0.15, 0.2) is 60.7 Å². The van der Waals surface area contributed by atoms with Crippen LogP contribution in [-0.4, -0.2) is 16.1 Å². The minimum Gasteiger partial charge on any atom is -0.339 e.